The first-order valence-electron chi connectivity index (χ1n) is 18.7. The molecule has 20 heteroatoms. The number of nitrogens with zero attached hydrogens (tertiary/aromatic N) is 3. The summed E-state index contributed by atoms with van der Waals surface area (Å²) in [5.74, 6) is -0.00455. The largest absolute Gasteiger partial charge is 0.493 e. The van der Waals surface area contributed by atoms with Crippen LogP contribution in [0.5, 0.6) is 28.7 Å². The number of rotatable bonds is 9. The number of ether oxygens (including phenoxy) is 8. The highest BCUT2D eigenvalue weighted by Crippen LogP contribution is 2.64. The van der Waals surface area contributed by atoms with Crippen molar-refractivity contribution in [1.82, 2.24) is 15.1 Å². The molecule has 0 spiro atoms. The standard InChI is InChI=1S/C40H41Cl3N4O12S/c1-7-9-53-34-26-21(11-18(3)31(34)52-6)12-23-24(13-44)46-25-14-55-37(49)22(45-38(50)54-10-8-2)15-60-36(30(46)29(26)47(23)39(51)56-16-40(41,42)43)28-27(25)35-33(57-17-58-35)19(4)32(28)59-20(5)48/h7-8,11,22-25,29-30,36H,1-2,9-10,12,14-17H2,3-6H3,(H,45,50)/t22-,23+,24-,25-,29-,30+,36+/m0/s1. The van der Waals surface area contributed by atoms with Crippen LogP contribution in [0.15, 0.2) is 31.4 Å². The Kier molecular flexibility index (Phi) is 12.5. The summed E-state index contributed by atoms with van der Waals surface area (Å²) in [6.07, 6.45) is 1.33. The summed E-state index contributed by atoms with van der Waals surface area (Å²) >= 11 is 19.5. The predicted octanol–water partition coefficient (Wildman–Crippen LogP) is 6.25. The zero-order valence-corrected chi connectivity index (χ0v) is 36.0. The Balaban J connectivity index is 1.54. The van der Waals surface area contributed by atoms with Crippen LogP contribution in [0.25, 0.3) is 0 Å². The van der Waals surface area contributed by atoms with Crippen molar-refractivity contribution >= 4 is 70.7 Å². The van der Waals surface area contributed by atoms with Crippen LogP contribution >= 0.6 is 46.6 Å². The van der Waals surface area contributed by atoms with E-state index in [9.17, 15) is 24.4 Å². The van der Waals surface area contributed by atoms with Gasteiger partial charge >= 0.3 is 24.1 Å². The van der Waals surface area contributed by atoms with Crippen molar-refractivity contribution in [1.29, 1.82) is 5.26 Å². The maximum atomic E-state index is 14.7. The van der Waals surface area contributed by atoms with Crippen LogP contribution in [0, 0.1) is 25.2 Å². The molecule has 0 unspecified atom stereocenters. The van der Waals surface area contributed by atoms with Crippen molar-refractivity contribution in [3.63, 3.8) is 0 Å². The lowest BCUT2D eigenvalue weighted by Crippen LogP contribution is -2.71. The molecule has 6 aliphatic rings. The minimum Gasteiger partial charge on any atom is -0.493 e. The first-order chi connectivity index (χ1) is 28.6. The zero-order valence-electron chi connectivity index (χ0n) is 32.9. The molecule has 0 aliphatic carbocycles. The van der Waals surface area contributed by atoms with Crippen molar-refractivity contribution in [3.8, 4) is 34.8 Å². The Morgan fingerprint density at radius 1 is 1.05 bits per heavy atom. The second-order valence-corrected chi connectivity index (χ2v) is 18.1. The quantitative estimate of drug-likeness (QED) is 0.0979. The average Bonchev–Trinajstić information content (AvgIpc) is 3.70. The molecule has 60 heavy (non-hydrogen) atoms. The van der Waals surface area contributed by atoms with E-state index < -0.39 is 76.0 Å². The molecule has 0 saturated carbocycles. The smallest absolute Gasteiger partial charge is 0.410 e. The number of nitrogens with one attached hydrogen (secondary N) is 1. The second kappa shape index (κ2) is 17.3. The number of fused-ring (bicyclic) bond motifs is 10. The van der Waals surface area contributed by atoms with Crippen LogP contribution in [0.1, 0.15) is 57.6 Å². The number of nitriles is 1. The van der Waals surface area contributed by atoms with Crippen molar-refractivity contribution in [3.05, 3.63) is 64.8 Å². The third-order valence-corrected chi connectivity index (χ3v) is 12.6. The number of hydrogen-bond donors (Lipinski definition) is 1. The van der Waals surface area contributed by atoms with Crippen LogP contribution in [0.4, 0.5) is 9.59 Å². The molecular formula is C40H41Cl3N4O12S. The average molecular weight is 908 g/mol. The maximum absolute atomic E-state index is 14.7. The van der Waals surface area contributed by atoms with Gasteiger partial charge in [-0.15, -0.1) is 11.8 Å². The number of methoxy groups -OCH3 is 1. The number of alkyl halides is 3. The molecule has 4 bridgehead atoms. The lowest BCUT2D eigenvalue weighted by Gasteiger charge is -2.62. The number of halogens is 3. The van der Waals surface area contributed by atoms with Gasteiger partial charge in [-0.05, 0) is 31.4 Å². The van der Waals surface area contributed by atoms with E-state index in [0.29, 0.717) is 45.3 Å². The minimum atomic E-state index is -1.97. The fraction of sp³-hybridized carbons (Fsp3) is 0.475. The molecule has 0 aromatic heterocycles. The highest BCUT2D eigenvalue weighted by molar-refractivity contribution is 7.99. The van der Waals surface area contributed by atoms with E-state index in [1.807, 2.05) is 17.9 Å². The van der Waals surface area contributed by atoms with Gasteiger partial charge < -0.3 is 43.2 Å². The van der Waals surface area contributed by atoms with E-state index in [1.165, 1.54) is 36.8 Å². The van der Waals surface area contributed by atoms with E-state index in [2.05, 4.69) is 24.5 Å². The number of esters is 2. The van der Waals surface area contributed by atoms with Gasteiger partial charge in [0.1, 0.15) is 44.3 Å². The van der Waals surface area contributed by atoms with Gasteiger partial charge in [-0.25, -0.2) is 14.4 Å². The lowest BCUT2D eigenvalue weighted by atomic mass is 9.71. The van der Waals surface area contributed by atoms with Crippen LogP contribution < -0.4 is 29.0 Å². The Hall–Kier alpha value is -4.73. The van der Waals surface area contributed by atoms with Gasteiger partial charge in [-0.3, -0.25) is 14.6 Å². The highest BCUT2D eigenvalue weighted by Gasteiger charge is 2.63. The van der Waals surface area contributed by atoms with Gasteiger partial charge in [0.05, 0.1) is 42.6 Å². The van der Waals surface area contributed by atoms with E-state index in [-0.39, 0.29) is 44.5 Å². The van der Waals surface area contributed by atoms with E-state index >= 15 is 0 Å². The Labute approximate surface area is 364 Å². The van der Waals surface area contributed by atoms with Crippen molar-refractivity contribution < 1.29 is 57.1 Å². The Bertz CT molecular complexity index is 2180. The summed E-state index contributed by atoms with van der Waals surface area (Å²) < 4.78 is 45.4. The molecule has 8 rings (SSSR count). The SMILES string of the molecule is C=CCOC(=O)N[C@H]1CS[C@@H]2c3c(OC(C)=O)c(C)c4c(c3[C@H](COC1=O)N1[C@@H]2[C@@H]2c3c(cc(C)c(OC)c3OCC=C)C[C@H]([C@@H]1C#N)N2C(=O)OCC(Cl)(Cl)Cl)OCO4. The van der Waals surface area contributed by atoms with Crippen LogP contribution in [-0.2, 0) is 30.2 Å². The second-order valence-electron chi connectivity index (χ2n) is 14.5. The number of amides is 2. The Morgan fingerprint density at radius 3 is 2.45 bits per heavy atom. The molecule has 2 aromatic rings. The Morgan fingerprint density at radius 2 is 1.78 bits per heavy atom. The highest BCUT2D eigenvalue weighted by atomic mass is 35.6. The van der Waals surface area contributed by atoms with Crippen LogP contribution in [0.2, 0.25) is 0 Å². The molecule has 0 radical (unpaired) electrons. The fourth-order valence-electron chi connectivity index (χ4n) is 8.86. The zero-order chi connectivity index (χ0) is 43.2. The third-order valence-electron chi connectivity index (χ3n) is 10.9. The van der Waals surface area contributed by atoms with E-state index in [1.54, 1.807) is 13.0 Å². The summed E-state index contributed by atoms with van der Waals surface area (Å²) in [6, 6.07) is -1.76. The van der Waals surface area contributed by atoms with Gasteiger partial charge in [-0.2, -0.15) is 5.26 Å². The molecule has 6 heterocycles. The monoisotopic (exact) mass is 906 g/mol. The molecule has 7 atom stereocenters. The van der Waals surface area contributed by atoms with E-state index in [4.69, 9.17) is 72.7 Å². The summed E-state index contributed by atoms with van der Waals surface area (Å²) in [5, 5.41) is 13.0. The van der Waals surface area contributed by atoms with Crippen LogP contribution in [0.3, 0.4) is 0 Å². The minimum absolute atomic E-state index is 0.0590. The molecule has 2 fully saturated rings. The summed E-state index contributed by atoms with van der Waals surface area (Å²) in [4.78, 5) is 57.8. The number of piperazine rings is 1. The number of carbonyl (C=O) groups is 4. The lowest BCUT2D eigenvalue weighted by molar-refractivity contribution is -0.151. The molecule has 2 aromatic carbocycles. The van der Waals surface area contributed by atoms with Crippen LogP contribution in [-0.4, -0.2) is 108 Å². The summed E-state index contributed by atoms with van der Waals surface area (Å²) in [6.45, 7) is 11.0. The topological polar surface area (TPSA) is 184 Å². The maximum Gasteiger partial charge on any atom is 0.410 e. The molecule has 2 saturated heterocycles. The first kappa shape index (κ1) is 43.4. The number of carbonyl (C=O) groups excluding carboxylic acids is 4. The fourth-order valence-corrected chi connectivity index (χ4v) is 10.5. The molecule has 320 valence electrons. The van der Waals surface area contributed by atoms with Gasteiger partial charge in [0.25, 0.3) is 0 Å². The molecular weight excluding hydrogens is 867 g/mol. The molecule has 16 nitrogen and oxygen atoms in total. The number of alkyl carbamates (subject to hydrolysis) is 1. The number of benzene rings is 2. The number of aryl methyl sites for hydroxylation is 1. The molecule has 2 amide bonds. The van der Waals surface area contributed by atoms with Gasteiger partial charge in [0.2, 0.25) is 10.6 Å². The van der Waals surface area contributed by atoms with Crippen molar-refractivity contribution in [2.45, 2.75) is 72.5 Å². The third kappa shape index (κ3) is 7.72. The molecule has 1 N–H and O–H groups in total. The summed E-state index contributed by atoms with van der Waals surface area (Å²) in [5.41, 5.74) is 3.44. The van der Waals surface area contributed by atoms with Gasteiger partial charge in [-0.1, -0.05) is 66.2 Å². The number of hydrogen-bond acceptors (Lipinski definition) is 15. The van der Waals surface area contributed by atoms with Crippen molar-refractivity contribution in [2.24, 2.45) is 0 Å². The number of thioether (sulfide) groups is 1. The summed E-state index contributed by atoms with van der Waals surface area (Å²) in [7, 11) is 1.50. The van der Waals surface area contributed by atoms with E-state index in [0.717, 1.165) is 11.1 Å². The normalized spacial score (nSPS) is 24.9. The predicted molar refractivity (Wildman–Crippen MR) is 218 cm³/mol. The van der Waals surface area contributed by atoms with Gasteiger partial charge in [0, 0.05) is 34.9 Å². The van der Waals surface area contributed by atoms with Gasteiger partial charge in [0.15, 0.2) is 23.0 Å². The first-order valence-corrected chi connectivity index (χ1v) is 20.9. The molecule has 6 aliphatic heterocycles. The van der Waals surface area contributed by atoms with Crippen molar-refractivity contribution in [2.75, 3.05) is 46.1 Å².